The van der Waals surface area contributed by atoms with Crippen LogP contribution >= 0.6 is 0 Å². The minimum Gasteiger partial charge on any atom is -0.399 e. The zero-order valence-corrected chi connectivity index (χ0v) is 8.59. The fraction of sp³-hybridized carbons (Fsp3) is 0.273. The molecule has 5 heteroatoms. The average molecular weight is 230 g/mol. The lowest BCUT2D eigenvalue weighted by Crippen LogP contribution is -2.08. The highest BCUT2D eigenvalue weighted by Crippen LogP contribution is 2.33. The van der Waals surface area contributed by atoms with Crippen LogP contribution in [0.3, 0.4) is 0 Å². The van der Waals surface area contributed by atoms with Crippen molar-refractivity contribution in [3.8, 4) is 0 Å². The van der Waals surface area contributed by atoms with Gasteiger partial charge in [-0.05, 0) is 30.7 Å². The van der Waals surface area contributed by atoms with Crippen molar-refractivity contribution in [2.45, 2.75) is 12.6 Å². The van der Waals surface area contributed by atoms with Gasteiger partial charge in [0.1, 0.15) is 0 Å². The van der Waals surface area contributed by atoms with Gasteiger partial charge in [0.05, 0.1) is 5.56 Å². The van der Waals surface area contributed by atoms with Gasteiger partial charge in [-0.15, -0.1) is 0 Å². The Kier molecular flexibility index (Phi) is 3.95. The lowest BCUT2D eigenvalue weighted by molar-refractivity contribution is -0.137. The molecule has 1 rings (SSSR count). The van der Waals surface area contributed by atoms with Gasteiger partial charge in [-0.3, -0.25) is 0 Å². The van der Waals surface area contributed by atoms with Crippen LogP contribution in [-0.4, -0.2) is 6.54 Å². The number of halogens is 3. The molecular formula is C11H13F3N2. The lowest BCUT2D eigenvalue weighted by Gasteiger charge is -2.10. The maximum Gasteiger partial charge on any atom is 0.417 e. The van der Waals surface area contributed by atoms with Crippen molar-refractivity contribution in [2.24, 2.45) is 5.73 Å². The quantitative estimate of drug-likeness (QED) is 0.784. The zero-order valence-electron chi connectivity index (χ0n) is 8.59. The molecular weight excluding hydrogens is 217 g/mol. The molecule has 2 nitrogen and oxygen atoms in total. The Hall–Kier alpha value is -1.49. The maximum atomic E-state index is 12.6. The zero-order chi connectivity index (χ0) is 12.2. The van der Waals surface area contributed by atoms with Crippen LogP contribution in [0.25, 0.3) is 6.08 Å². The predicted molar refractivity (Wildman–Crippen MR) is 58.6 cm³/mol. The Morgan fingerprint density at radius 2 is 1.94 bits per heavy atom. The SMILES string of the molecule is NCC/C=C/c1ccc(N)cc1C(F)(F)F. The van der Waals surface area contributed by atoms with E-state index in [4.69, 9.17) is 11.5 Å². The molecule has 0 unspecified atom stereocenters. The number of alkyl halides is 3. The molecule has 0 aromatic heterocycles. The molecule has 0 aliphatic carbocycles. The molecule has 16 heavy (non-hydrogen) atoms. The van der Waals surface area contributed by atoms with Gasteiger partial charge < -0.3 is 11.5 Å². The maximum absolute atomic E-state index is 12.6. The molecule has 1 aromatic carbocycles. The Labute approximate surface area is 91.7 Å². The number of rotatable bonds is 3. The van der Waals surface area contributed by atoms with Gasteiger partial charge in [0.2, 0.25) is 0 Å². The molecule has 0 radical (unpaired) electrons. The Bertz CT molecular complexity index is 383. The van der Waals surface area contributed by atoms with E-state index in [1.807, 2.05) is 0 Å². The van der Waals surface area contributed by atoms with Crippen LogP contribution in [0.4, 0.5) is 18.9 Å². The van der Waals surface area contributed by atoms with E-state index in [0.717, 1.165) is 6.07 Å². The van der Waals surface area contributed by atoms with Gasteiger partial charge in [0, 0.05) is 5.69 Å². The first-order valence-corrected chi connectivity index (χ1v) is 4.78. The van der Waals surface area contributed by atoms with Gasteiger partial charge in [0.15, 0.2) is 0 Å². The topological polar surface area (TPSA) is 52.0 Å². The van der Waals surface area contributed by atoms with Gasteiger partial charge in [0.25, 0.3) is 0 Å². The van der Waals surface area contributed by atoms with E-state index < -0.39 is 11.7 Å². The molecule has 0 aliphatic heterocycles. The number of anilines is 1. The summed E-state index contributed by atoms with van der Waals surface area (Å²) in [6.45, 7) is 0.410. The fourth-order valence-electron chi connectivity index (χ4n) is 1.27. The summed E-state index contributed by atoms with van der Waals surface area (Å²) in [7, 11) is 0. The Balaban J connectivity index is 3.08. The van der Waals surface area contributed by atoms with E-state index in [1.165, 1.54) is 18.2 Å². The molecule has 1 aromatic rings. The predicted octanol–water partition coefficient (Wildman–Crippen LogP) is 2.65. The van der Waals surface area contributed by atoms with Gasteiger partial charge in [-0.25, -0.2) is 0 Å². The van der Waals surface area contributed by atoms with Crippen molar-refractivity contribution in [2.75, 3.05) is 12.3 Å². The third-order valence-electron chi connectivity index (χ3n) is 2.01. The first-order valence-electron chi connectivity index (χ1n) is 4.78. The standard InChI is InChI=1S/C11H13F3N2/c12-11(13,14)10-7-9(16)5-4-8(10)3-1-2-6-15/h1,3-5,7H,2,6,15-16H2/b3-1+. The highest BCUT2D eigenvalue weighted by Gasteiger charge is 2.32. The van der Waals surface area contributed by atoms with Crippen molar-refractivity contribution in [3.05, 3.63) is 35.4 Å². The molecule has 0 amide bonds. The van der Waals surface area contributed by atoms with Crippen LogP contribution in [0.5, 0.6) is 0 Å². The third kappa shape index (κ3) is 3.27. The molecule has 0 aliphatic rings. The number of hydrogen-bond donors (Lipinski definition) is 2. The van der Waals surface area contributed by atoms with E-state index in [-0.39, 0.29) is 11.3 Å². The highest BCUT2D eigenvalue weighted by atomic mass is 19.4. The molecule has 0 saturated carbocycles. The molecule has 0 atom stereocenters. The third-order valence-corrected chi connectivity index (χ3v) is 2.01. The smallest absolute Gasteiger partial charge is 0.399 e. The summed E-state index contributed by atoms with van der Waals surface area (Å²) in [6.07, 6.45) is -0.824. The Morgan fingerprint density at radius 1 is 1.25 bits per heavy atom. The lowest BCUT2D eigenvalue weighted by atomic mass is 10.1. The van der Waals surface area contributed by atoms with Crippen LogP contribution in [0.1, 0.15) is 17.5 Å². The normalized spacial score (nSPS) is 12.2. The van der Waals surface area contributed by atoms with E-state index >= 15 is 0 Å². The summed E-state index contributed by atoms with van der Waals surface area (Å²) in [5.74, 6) is 0. The van der Waals surface area contributed by atoms with Crippen molar-refractivity contribution < 1.29 is 13.2 Å². The second kappa shape index (κ2) is 5.03. The number of benzene rings is 1. The molecule has 0 heterocycles. The van der Waals surface area contributed by atoms with Crippen molar-refractivity contribution in [3.63, 3.8) is 0 Å². The average Bonchev–Trinajstić information content (AvgIpc) is 2.19. The number of nitrogen functional groups attached to an aromatic ring is 1. The summed E-state index contributed by atoms with van der Waals surface area (Å²) in [5, 5.41) is 0. The van der Waals surface area contributed by atoms with Crippen molar-refractivity contribution in [1.29, 1.82) is 0 Å². The monoisotopic (exact) mass is 230 g/mol. The Morgan fingerprint density at radius 3 is 2.50 bits per heavy atom. The summed E-state index contributed by atoms with van der Waals surface area (Å²) in [6, 6.07) is 3.73. The largest absolute Gasteiger partial charge is 0.417 e. The summed E-state index contributed by atoms with van der Waals surface area (Å²) >= 11 is 0. The minimum absolute atomic E-state index is 0.100. The molecule has 0 spiro atoms. The van der Waals surface area contributed by atoms with Crippen LogP contribution in [0.2, 0.25) is 0 Å². The van der Waals surface area contributed by atoms with Crippen LogP contribution in [-0.2, 0) is 6.18 Å². The van der Waals surface area contributed by atoms with Crippen molar-refractivity contribution in [1.82, 2.24) is 0 Å². The van der Waals surface area contributed by atoms with Gasteiger partial charge in [-0.2, -0.15) is 13.2 Å². The van der Waals surface area contributed by atoms with E-state index in [9.17, 15) is 13.2 Å². The van der Waals surface area contributed by atoms with Crippen LogP contribution < -0.4 is 11.5 Å². The molecule has 0 bridgehead atoms. The summed E-state index contributed by atoms with van der Waals surface area (Å²) in [5.41, 5.74) is 10.1. The fourth-order valence-corrected chi connectivity index (χ4v) is 1.27. The molecule has 88 valence electrons. The minimum atomic E-state index is -4.39. The first-order chi connectivity index (χ1) is 7.45. The van der Waals surface area contributed by atoms with Crippen molar-refractivity contribution >= 4 is 11.8 Å². The molecule has 0 saturated heterocycles. The summed E-state index contributed by atoms with van der Waals surface area (Å²) in [4.78, 5) is 0. The molecule has 4 N–H and O–H groups in total. The van der Waals surface area contributed by atoms with Gasteiger partial charge >= 0.3 is 6.18 Å². The second-order valence-electron chi connectivity index (χ2n) is 3.32. The first kappa shape index (κ1) is 12.6. The van der Waals surface area contributed by atoms with Gasteiger partial charge in [-0.1, -0.05) is 18.2 Å². The number of nitrogens with two attached hydrogens (primary N) is 2. The van der Waals surface area contributed by atoms with Crippen LogP contribution in [0.15, 0.2) is 24.3 Å². The number of hydrogen-bond acceptors (Lipinski definition) is 2. The summed E-state index contributed by atoms with van der Waals surface area (Å²) < 4.78 is 37.9. The van der Waals surface area contributed by atoms with Crippen LogP contribution in [0, 0.1) is 0 Å². The van der Waals surface area contributed by atoms with E-state index in [0.29, 0.717) is 13.0 Å². The second-order valence-corrected chi connectivity index (χ2v) is 3.32. The molecule has 0 fully saturated rings. The van der Waals surface area contributed by atoms with E-state index in [2.05, 4.69) is 0 Å². The van der Waals surface area contributed by atoms with E-state index in [1.54, 1.807) is 6.08 Å². The highest BCUT2D eigenvalue weighted by molar-refractivity contribution is 5.59.